The second-order valence-corrected chi connectivity index (χ2v) is 36.0. The smallest absolute Gasteiger partial charge is 0.317 e. The maximum Gasteiger partial charge on any atom is 0.317 e. The summed E-state index contributed by atoms with van der Waals surface area (Å²) >= 11 is 0. The van der Waals surface area contributed by atoms with Gasteiger partial charge in [0.2, 0.25) is 6.29 Å². The molecule has 0 aromatic rings. The monoisotopic (exact) mass is 1620 g/mol. The Morgan fingerprint density at radius 1 is 0.464 bits per heavy atom. The van der Waals surface area contributed by atoms with Gasteiger partial charge in [-0.05, 0) is 110 Å². The van der Waals surface area contributed by atoms with Crippen LogP contribution in [0.3, 0.4) is 0 Å². The van der Waals surface area contributed by atoms with Gasteiger partial charge in [0.05, 0.1) is 83.4 Å². The number of esters is 1. The number of carbonyl (C=O) groups is 1. The molecule has 0 spiro atoms. The largest absolute Gasteiger partial charge is 0.432 e. The third kappa shape index (κ3) is 15.4. The van der Waals surface area contributed by atoms with E-state index >= 15 is 4.79 Å². The summed E-state index contributed by atoms with van der Waals surface area (Å²) < 4.78 is 96.9. The van der Waals surface area contributed by atoms with Crippen molar-refractivity contribution < 1.29 is 188 Å². The van der Waals surface area contributed by atoms with E-state index in [0.717, 1.165) is 5.57 Å². The minimum atomic E-state index is -2.28. The van der Waals surface area contributed by atoms with E-state index in [2.05, 4.69) is 40.7 Å². The van der Waals surface area contributed by atoms with Crippen LogP contribution in [0.1, 0.15) is 114 Å². The lowest BCUT2D eigenvalue weighted by Gasteiger charge is -2.72. The zero-order chi connectivity index (χ0) is 81.5. The van der Waals surface area contributed by atoms with E-state index in [1.54, 1.807) is 0 Å². The van der Waals surface area contributed by atoms with E-state index in [-0.39, 0.29) is 37.7 Å². The van der Waals surface area contributed by atoms with Crippen molar-refractivity contribution in [1.82, 2.24) is 0 Å². The second kappa shape index (κ2) is 33.0. The van der Waals surface area contributed by atoms with Crippen molar-refractivity contribution in [1.29, 1.82) is 0 Å². The van der Waals surface area contributed by atoms with Gasteiger partial charge < -0.3 is 183 Å². The molecule has 38 nitrogen and oxygen atoms in total. The van der Waals surface area contributed by atoms with Crippen LogP contribution >= 0.6 is 0 Å². The Kier molecular flexibility index (Phi) is 25.8. The minimum Gasteiger partial charge on any atom is -0.432 e. The van der Waals surface area contributed by atoms with Crippen LogP contribution in [-0.4, -0.2) is 393 Å². The number of hydrogen-bond acceptors (Lipinski definition) is 38. The Bertz CT molecular complexity index is 3230. The lowest BCUT2D eigenvalue weighted by molar-refractivity contribution is -0.384. The zero-order valence-corrected chi connectivity index (χ0v) is 64.2. The topological polar surface area (TPSA) is 590 Å². The first-order valence-corrected chi connectivity index (χ1v) is 39.2. The number of hydrogen-bond donors (Lipinski definition) is 21. The molecule has 13 aliphatic rings. The maximum absolute atomic E-state index is 16.2. The minimum absolute atomic E-state index is 0.0397. The van der Waals surface area contributed by atoms with E-state index in [0.29, 0.717) is 32.1 Å². The predicted octanol–water partition coefficient (Wildman–Crippen LogP) is -7.50. The number of aliphatic hydroxyl groups excluding tert-OH is 20. The summed E-state index contributed by atoms with van der Waals surface area (Å²) in [7, 11) is 0. The van der Waals surface area contributed by atoms with E-state index in [9.17, 15) is 107 Å². The molecule has 5 aliphatic carbocycles. The summed E-state index contributed by atoms with van der Waals surface area (Å²) in [6, 6.07) is 0. The highest BCUT2D eigenvalue weighted by molar-refractivity contribution is 5.80. The van der Waals surface area contributed by atoms with E-state index < -0.39 is 317 Å². The van der Waals surface area contributed by atoms with Gasteiger partial charge in [0, 0.05) is 0 Å². The van der Waals surface area contributed by atoms with Gasteiger partial charge in [0.25, 0.3) is 0 Å². The highest BCUT2D eigenvalue weighted by Crippen LogP contribution is 2.76. The summed E-state index contributed by atoms with van der Waals surface area (Å²) in [5.74, 6) is -2.00. The third-order valence-electron chi connectivity index (χ3n) is 28.2. The average molecular weight is 1620 g/mol. The standard InChI is InChI=1S/C74H120O38/c1-27-41(82)46(87)50(91)62(104-27)108-55-35(80)22-101-65(57(55)110-64-52(93)56(109-66-58(94)73(96,25-75)26-103-66)53(28(2)105-64)98-23-36-45(86)54(34(79)21-97-36)107-61-49(90)43(84)33(78)20-100-61)112-67(95)74-15-14-68(3,4)16-30(74)29-10-11-39-70(7)17-31(76)59(69(5,6)38(70)12-13-71(39,8)72(29,9)18-40(74)81)111-63-51(92)47(88)44(85)37(106-63)24-102-60-48(89)42(83)32(77)19-99-60/h10,27-28,30-66,75-94,96H,11-26H2,1-9H3/t27-,28-,30-,31-,32-,33+,34-,35+,36-,37+,38-,39+,40+,41-,42-,43-,44+,45-,46+,47-,48+,49+,50+,51+,52+,53-,54-,55-,56-,57+,58-,59-,60-,61-,62-,63-,64-,65-,66-,70-,71+,72+,73+,74+/m0/s1. The SMILES string of the molecule is C[C@@H]1O[C@@H](O[C@@H]2[C@@H](O[C@@H]3O[C@@H](C)[C@H](OC[C@@H]4OC[C@H](O)[C@H](O[C@@H]5OC[C@@H](O)[C@H](O)[C@H]5O)[C@H]4O)[C@@H](O[C@@H]4OC[C@](O)(CO)[C@H]4O)[C@H]3O)[C@H](OC(=O)[C@]34CCC(C)(C)C[C@H]3C3=CC[C@@H]5[C@@]6(C)C[C@H](O)[C@H](O[C@@H]7O[C@H](CO[C@@H]8OC[C@H](O)[C@H](O)[C@H]8O)[C@@H](O)[C@H](O)[C@H]7O)C(C)(C)[C@@H]6CC[C@@]5(C)[C@]3(C)C[C@H]4O)OC[C@H]2O)[C@H](O)[C@H](O)[C@H]1O. The van der Waals surface area contributed by atoms with Gasteiger partial charge >= 0.3 is 5.97 Å². The quantitative estimate of drug-likeness (QED) is 0.0324. The van der Waals surface area contributed by atoms with Crippen LogP contribution in [0.15, 0.2) is 11.6 Å². The molecule has 8 heterocycles. The first-order valence-electron chi connectivity index (χ1n) is 39.2. The number of rotatable bonds is 19. The summed E-state index contributed by atoms with van der Waals surface area (Å²) in [4.78, 5) is 16.2. The molecule has 13 rings (SSSR count). The number of fused-ring (bicyclic) bond motifs is 7. The fourth-order valence-electron chi connectivity index (χ4n) is 21.3. The van der Waals surface area contributed by atoms with Crippen LogP contribution in [0.2, 0.25) is 0 Å². The van der Waals surface area contributed by atoms with Crippen LogP contribution in [0, 0.1) is 50.2 Å². The van der Waals surface area contributed by atoms with Crippen molar-refractivity contribution in [3.63, 3.8) is 0 Å². The number of ether oxygens (including phenoxy) is 16. The molecule has 112 heavy (non-hydrogen) atoms. The highest BCUT2D eigenvalue weighted by Gasteiger charge is 2.73. The summed E-state index contributed by atoms with van der Waals surface area (Å²) in [5.41, 5.74) is -6.50. The van der Waals surface area contributed by atoms with Gasteiger partial charge in [-0.1, -0.05) is 60.1 Å². The molecule has 0 radical (unpaired) electrons. The average Bonchev–Trinajstić information content (AvgIpc) is 0.703. The van der Waals surface area contributed by atoms with Crippen LogP contribution < -0.4 is 0 Å². The third-order valence-corrected chi connectivity index (χ3v) is 28.2. The lowest BCUT2D eigenvalue weighted by Crippen LogP contribution is -2.70. The summed E-state index contributed by atoms with van der Waals surface area (Å²) in [6.45, 7) is 12.6. The van der Waals surface area contributed by atoms with Gasteiger partial charge in [-0.3, -0.25) is 4.79 Å². The molecule has 0 unspecified atom stereocenters. The Morgan fingerprint density at radius 3 is 1.69 bits per heavy atom. The normalized spacial score (nSPS) is 55.0. The molecule has 44 atom stereocenters. The van der Waals surface area contributed by atoms with Crippen molar-refractivity contribution in [3.05, 3.63) is 11.6 Å². The molecule has 644 valence electrons. The first kappa shape index (κ1) is 87.6. The summed E-state index contributed by atoms with van der Waals surface area (Å²) in [6.07, 6.45) is -54.7. The van der Waals surface area contributed by atoms with Crippen molar-refractivity contribution in [2.24, 2.45) is 50.2 Å². The molecular formula is C74H120O38. The van der Waals surface area contributed by atoms with Crippen LogP contribution in [-0.2, 0) is 80.6 Å². The van der Waals surface area contributed by atoms with Crippen LogP contribution in [0.5, 0.6) is 0 Å². The van der Waals surface area contributed by atoms with Crippen molar-refractivity contribution in [2.45, 2.75) is 340 Å². The molecule has 0 aromatic heterocycles. The second-order valence-electron chi connectivity index (χ2n) is 36.0. The van der Waals surface area contributed by atoms with Gasteiger partial charge in [0.1, 0.15) is 151 Å². The summed E-state index contributed by atoms with van der Waals surface area (Å²) in [5, 5.41) is 235. The van der Waals surface area contributed by atoms with E-state index in [1.807, 2.05) is 13.8 Å². The molecular weight excluding hydrogens is 1500 g/mol. The lowest BCUT2D eigenvalue weighted by atomic mass is 9.33. The van der Waals surface area contributed by atoms with Crippen LogP contribution in [0.25, 0.3) is 0 Å². The molecule has 0 amide bonds. The van der Waals surface area contributed by atoms with E-state index in [4.69, 9.17) is 75.8 Å². The Hall–Kier alpha value is -2.23. The van der Waals surface area contributed by atoms with Crippen LogP contribution in [0.4, 0.5) is 0 Å². The number of carbonyl (C=O) groups excluding carboxylic acids is 1. The fraction of sp³-hybridized carbons (Fsp3) is 0.959. The highest BCUT2D eigenvalue weighted by atomic mass is 16.8. The molecule has 12 fully saturated rings. The Balaban J connectivity index is 0.766. The van der Waals surface area contributed by atoms with Crippen molar-refractivity contribution in [2.75, 3.05) is 52.9 Å². The molecule has 0 bridgehead atoms. The Morgan fingerprint density at radius 2 is 1.02 bits per heavy atom. The number of aliphatic hydroxyl groups is 21. The zero-order valence-electron chi connectivity index (χ0n) is 64.2. The fourth-order valence-corrected chi connectivity index (χ4v) is 21.3. The molecule has 8 saturated heterocycles. The van der Waals surface area contributed by atoms with Crippen molar-refractivity contribution in [3.8, 4) is 0 Å². The van der Waals surface area contributed by atoms with Gasteiger partial charge in [-0.15, -0.1) is 0 Å². The molecule has 38 heteroatoms. The molecule has 21 N–H and O–H groups in total. The number of allylic oxidation sites excluding steroid dienone is 2. The Labute approximate surface area is 646 Å². The predicted molar refractivity (Wildman–Crippen MR) is 368 cm³/mol. The molecule has 0 aromatic carbocycles. The van der Waals surface area contributed by atoms with Gasteiger partial charge in [-0.2, -0.15) is 0 Å². The molecule has 4 saturated carbocycles. The van der Waals surface area contributed by atoms with Gasteiger partial charge in [0.15, 0.2) is 43.8 Å². The first-order chi connectivity index (χ1) is 52.5. The van der Waals surface area contributed by atoms with Gasteiger partial charge in [-0.25, -0.2) is 0 Å². The maximum atomic E-state index is 16.2. The molecule has 8 aliphatic heterocycles. The van der Waals surface area contributed by atoms with Crippen molar-refractivity contribution >= 4 is 5.97 Å². The van der Waals surface area contributed by atoms with E-state index in [1.165, 1.54) is 13.8 Å².